The molecule has 1 N–H and O–H groups in total. The van der Waals surface area contributed by atoms with Crippen molar-refractivity contribution in [3.63, 3.8) is 0 Å². The molecule has 178 valence electrons. The molecule has 2 heterocycles. The number of carbonyl (C=O) groups excluding carboxylic acids is 1. The minimum atomic E-state index is -0.729. The van der Waals surface area contributed by atoms with Gasteiger partial charge in [-0.25, -0.2) is 13.4 Å². The molecule has 2 aromatic rings. The number of hydrogen-bond acceptors (Lipinski definition) is 3. The van der Waals surface area contributed by atoms with Gasteiger partial charge in [0.2, 0.25) is 11.1 Å². The summed E-state index contributed by atoms with van der Waals surface area (Å²) in [4.78, 5) is 15.6. The van der Waals surface area contributed by atoms with Crippen molar-refractivity contribution in [2.75, 3.05) is 18.0 Å². The van der Waals surface area contributed by atoms with E-state index in [0.29, 0.717) is 34.0 Å². The van der Waals surface area contributed by atoms with E-state index in [1.807, 2.05) is 24.3 Å². The largest absolute Gasteiger partial charge is 0.506 e. The maximum atomic E-state index is 14.1. The number of hydrogen-bond donors (Lipinski definition) is 1. The van der Waals surface area contributed by atoms with Crippen molar-refractivity contribution in [1.82, 2.24) is 4.58 Å². The number of alkyl halides is 2. The monoisotopic (exact) mass is 465 g/mol. The molecule has 1 aliphatic carbocycles. The zero-order valence-electron chi connectivity index (χ0n) is 20.2. The standard InChI is InChI=1S/C28H30F2N2O2/c1-15(2)31-7-5-17-9-21(19(13-29)11-23(17)31)25-27(33)26(28(25)34)22-10-18-6-8-32(16(3)4)24(18)12-20(22)14-30/h9-12,15-16H,5-8,13-14H2,1-4H3/p+1. The average molecular weight is 466 g/mol. The molecule has 0 unspecified atom stereocenters. The second kappa shape index (κ2) is 8.33. The normalized spacial score (nSPS) is 18.9. The van der Waals surface area contributed by atoms with Gasteiger partial charge < -0.3 is 10.0 Å². The molecule has 2 aliphatic heterocycles. The Kier molecular flexibility index (Phi) is 5.58. The van der Waals surface area contributed by atoms with Crippen molar-refractivity contribution >= 4 is 22.6 Å². The third-order valence-electron chi connectivity index (χ3n) is 7.47. The Bertz CT molecular complexity index is 1370. The van der Waals surface area contributed by atoms with Gasteiger partial charge in [0.1, 0.15) is 31.7 Å². The molecule has 6 heteroatoms. The third kappa shape index (κ3) is 3.29. The lowest BCUT2D eigenvalue weighted by Gasteiger charge is -2.27. The second-order valence-corrected chi connectivity index (χ2v) is 10.0. The summed E-state index contributed by atoms with van der Waals surface area (Å²) in [7, 11) is 0. The number of aliphatic hydroxyl groups is 1. The Balaban J connectivity index is 1.67. The van der Waals surface area contributed by atoms with E-state index in [1.54, 1.807) is 0 Å². The molecule has 34 heavy (non-hydrogen) atoms. The lowest BCUT2D eigenvalue weighted by atomic mass is 9.79. The molecule has 0 aromatic heterocycles. The lowest BCUT2D eigenvalue weighted by molar-refractivity contribution is -0.109. The lowest BCUT2D eigenvalue weighted by Crippen LogP contribution is -2.35. The third-order valence-corrected chi connectivity index (χ3v) is 7.47. The van der Waals surface area contributed by atoms with Gasteiger partial charge in [0.25, 0.3) is 0 Å². The highest BCUT2D eigenvalue weighted by Gasteiger charge is 2.38. The van der Waals surface area contributed by atoms with Crippen molar-refractivity contribution in [3.8, 4) is 0 Å². The Hall–Kier alpha value is -3.02. The molecule has 4 nitrogen and oxygen atoms in total. The first-order chi connectivity index (χ1) is 16.3. The van der Waals surface area contributed by atoms with Crippen molar-refractivity contribution in [2.24, 2.45) is 0 Å². The van der Waals surface area contributed by atoms with Gasteiger partial charge >= 0.3 is 0 Å². The Morgan fingerprint density at radius 3 is 2.32 bits per heavy atom. The summed E-state index contributed by atoms with van der Waals surface area (Å²) in [6.45, 7) is 8.64. The average Bonchev–Trinajstić information content (AvgIpc) is 3.41. The summed E-state index contributed by atoms with van der Waals surface area (Å²) in [5.74, 6) is -0.508. The molecule has 5 rings (SSSR count). The van der Waals surface area contributed by atoms with Crippen molar-refractivity contribution in [3.05, 3.63) is 68.4 Å². The van der Waals surface area contributed by atoms with E-state index in [9.17, 15) is 18.7 Å². The van der Waals surface area contributed by atoms with Gasteiger partial charge in [-0.1, -0.05) is 0 Å². The van der Waals surface area contributed by atoms with Gasteiger partial charge in [0.05, 0.1) is 11.1 Å². The van der Waals surface area contributed by atoms with Gasteiger partial charge in [0.15, 0.2) is 0 Å². The smallest absolute Gasteiger partial charge is 0.203 e. The molecule has 0 amide bonds. The maximum Gasteiger partial charge on any atom is 0.203 e. The highest BCUT2D eigenvalue weighted by molar-refractivity contribution is 6.51. The Labute approximate surface area is 198 Å². The van der Waals surface area contributed by atoms with Crippen LogP contribution in [-0.4, -0.2) is 36.1 Å². The van der Waals surface area contributed by atoms with Crippen LogP contribution in [0.15, 0.2) is 30.0 Å². The van der Waals surface area contributed by atoms with E-state index in [4.69, 9.17) is 0 Å². The predicted molar refractivity (Wildman–Crippen MR) is 131 cm³/mol. The number of halogens is 2. The zero-order valence-corrected chi connectivity index (χ0v) is 20.2. The number of rotatable bonds is 5. The fraction of sp³-hybridized carbons (Fsp3) is 0.429. The summed E-state index contributed by atoms with van der Waals surface area (Å²) < 4.78 is 30.3. The zero-order chi connectivity index (χ0) is 24.3. The van der Waals surface area contributed by atoms with E-state index >= 15 is 0 Å². The van der Waals surface area contributed by atoms with Gasteiger partial charge in [-0.05, 0) is 79.8 Å². The summed E-state index contributed by atoms with van der Waals surface area (Å²) >= 11 is 0. The Morgan fingerprint density at radius 2 is 1.71 bits per heavy atom. The van der Waals surface area contributed by atoms with Gasteiger partial charge in [0, 0.05) is 36.3 Å². The SMILES string of the molecule is CC(C)N1CCc2cc(C3=C(O)C(=c4cc5c(cc4CF)=[N+](C(C)C)CC5)C3=O)c(CF)cc21. The van der Waals surface area contributed by atoms with Crippen LogP contribution >= 0.6 is 0 Å². The van der Waals surface area contributed by atoms with E-state index in [1.165, 1.54) is 0 Å². The molecule has 0 spiro atoms. The summed E-state index contributed by atoms with van der Waals surface area (Å²) in [5.41, 5.74) is 4.63. The maximum absolute atomic E-state index is 14.1. The van der Waals surface area contributed by atoms with Gasteiger partial charge in [-0.3, -0.25) is 4.79 Å². The van der Waals surface area contributed by atoms with Crippen molar-refractivity contribution in [1.29, 1.82) is 0 Å². The first kappa shape index (κ1) is 22.8. The number of anilines is 1. The first-order valence-corrected chi connectivity index (χ1v) is 12.1. The fourth-order valence-electron chi connectivity index (χ4n) is 5.67. The number of nitrogens with zero attached hydrogens (tertiary/aromatic N) is 2. The van der Waals surface area contributed by atoms with E-state index in [2.05, 4.69) is 37.2 Å². The van der Waals surface area contributed by atoms with Crippen molar-refractivity contribution in [2.45, 2.75) is 66.0 Å². The van der Waals surface area contributed by atoms with E-state index in [-0.39, 0.29) is 22.7 Å². The van der Waals surface area contributed by atoms with E-state index in [0.717, 1.165) is 48.1 Å². The number of allylic oxidation sites excluding steroid dienone is 2. The van der Waals surface area contributed by atoms with Gasteiger partial charge in [-0.15, -0.1) is 0 Å². The van der Waals surface area contributed by atoms with Crippen LogP contribution in [0.1, 0.15) is 55.5 Å². The first-order valence-electron chi connectivity index (χ1n) is 12.1. The van der Waals surface area contributed by atoms with Crippen LogP contribution in [0.2, 0.25) is 0 Å². The summed E-state index contributed by atoms with van der Waals surface area (Å²) in [6, 6.07) is 7.92. The van der Waals surface area contributed by atoms with Crippen LogP contribution in [0, 0.1) is 0 Å². The van der Waals surface area contributed by atoms with Crippen LogP contribution in [0.3, 0.4) is 0 Å². The topological polar surface area (TPSA) is 43.5 Å². The quantitative estimate of drug-likeness (QED) is 0.687. The summed E-state index contributed by atoms with van der Waals surface area (Å²) in [6.07, 6.45) is 1.63. The fourth-order valence-corrected chi connectivity index (χ4v) is 5.67. The molecule has 0 fully saturated rings. The van der Waals surface area contributed by atoms with Crippen LogP contribution < -0.4 is 20.1 Å². The number of fused-ring (bicyclic) bond motifs is 2. The number of carbonyl (C=O) groups is 1. The minimum Gasteiger partial charge on any atom is -0.506 e. The molecular formula is C28H31F2N2O2+. The van der Waals surface area contributed by atoms with Crippen LogP contribution in [0.5, 0.6) is 0 Å². The molecular weight excluding hydrogens is 434 g/mol. The molecule has 0 saturated heterocycles. The number of benzene rings is 2. The predicted octanol–water partition coefficient (Wildman–Crippen LogP) is 3.55. The highest BCUT2D eigenvalue weighted by atomic mass is 19.1. The van der Waals surface area contributed by atoms with Crippen LogP contribution in [0.25, 0.3) is 11.1 Å². The Morgan fingerprint density at radius 1 is 0.971 bits per heavy atom. The summed E-state index contributed by atoms with van der Waals surface area (Å²) in [5, 5.41) is 12.5. The molecule has 0 radical (unpaired) electrons. The number of ketones is 1. The van der Waals surface area contributed by atoms with Crippen molar-refractivity contribution < 1.29 is 18.7 Å². The molecule has 0 saturated carbocycles. The molecule has 3 aliphatic rings. The second-order valence-electron chi connectivity index (χ2n) is 10.0. The van der Waals surface area contributed by atoms with Gasteiger partial charge in [-0.2, -0.15) is 0 Å². The van der Waals surface area contributed by atoms with Crippen LogP contribution in [-0.2, 0) is 31.0 Å². The van der Waals surface area contributed by atoms with Crippen LogP contribution in [0.4, 0.5) is 14.5 Å². The minimum absolute atomic E-state index is 0.141. The van der Waals surface area contributed by atoms with E-state index < -0.39 is 13.3 Å². The molecule has 0 atom stereocenters. The molecule has 0 bridgehead atoms. The molecule has 2 aromatic carbocycles. The number of Topliss-reactive ketones (excluding diaryl/α,β-unsaturated/α-hetero) is 1. The number of aliphatic hydroxyl groups excluding tert-OH is 1. The highest BCUT2D eigenvalue weighted by Crippen LogP contribution is 2.42.